The molecule has 0 fully saturated rings. The number of benzene rings is 10. The highest BCUT2D eigenvalue weighted by Crippen LogP contribution is 2.67. The number of nitrogens with zero attached hydrogens (tertiary/aromatic N) is 1. The van der Waals surface area contributed by atoms with E-state index in [1.54, 1.807) is 0 Å². The highest BCUT2D eigenvalue weighted by Gasteiger charge is 2.59. The Morgan fingerprint density at radius 2 is 0.698 bits per heavy atom. The minimum atomic E-state index is -0.596. The van der Waals surface area contributed by atoms with E-state index in [2.05, 4.69) is 242 Å². The van der Waals surface area contributed by atoms with E-state index in [9.17, 15) is 0 Å². The molecule has 0 unspecified atom stereocenters. The van der Waals surface area contributed by atoms with Gasteiger partial charge in [-0.05, 0) is 117 Å². The molecule has 10 aromatic rings. The molecule has 0 amide bonds. The fourth-order valence-corrected chi connectivity index (χ4v) is 11.7. The van der Waals surface area contributed by atoms with Crippen LogP contribution in [0.2, 0.25) is 0 Å². The van der Waals surface area contributed by atoms with Gasteiger partial charge >= 0.3 is 0 Å². The molecule has 0 saturated heterocycles. The second kappa shape index (κ2) is 14.5. The number of hydrogen-bond acceptors (Lipinski definition) is 3. The largest absolute Gasteiger partial charge is 0.280 e. The lowest BCUT2D eigenvalue weighted by atomic mass is 9.51. The predicted molar refractivity (Wildman–Crippen MR) is 260 cm³/mol. The molecule has 10 aromatic carbocycles. The Hall–Kier alpha value is -7.69. The lowest BCUT2D eigenvalue weighted by Gasteiger charge is -2.49. The van der Waals surface area contributed by atoms with Gasteiger partial charge in [0.2, 0.25) is 0 Å². The van der Waals surface area contributed by atoms with Crippen molar-refractivity contribution >= 4 is 27.8 Å². The van der Waals surface area contributed by atoms with E-state index < -0.39 is 10.8 Å². The molecule has 0 aromatic heterocycles. The molecule has 0 heterocycles. The van der Waals surface area contributed by atoms with Crippen LogP contribution in [0.5, 0.6) is 0 Å². The second-order valence-corrected chi connectivity index (χ2v) is 16.9. The average molecular weight is 806 g/mol. The molecule has 0 radical (unpaired) electrons. The Bertz CT molecular complexity index is 3300. The van der Waals surface area contributed by atoms with Gasteiger partial charge in [-0.25, -0.2) is 0 Å². The van der Waals surface area contributed by atoms with Gasteiger partial charge in [-0.15, -0.1) is 0 Å². The lowest BCUT2D eigenvalue weighted by molar-refractivity contribution is 0.632. The Labute approximate surface area is 367 Å². The van der Waals surface area contributed by atoms with E-state index >= 15 is 0 Å². The number of hydrogen-bond donors (Lipinski definition) is 2. The van der Waals surface area contributed by atoms with Crippen molar-refractivity contribution in [2.75, 3.05) is 0 Å². The number of aliphatic imine (C=N–C) groups is 1. The fourth-order valence-electron chi connectivity index (χ4n) is 11.7. The molecule has 298 valence electrons. The molecule has 13 rings (SSSR count). The first-order valence-corrected chi connectivity index (χ1v) is 21.7. The van der Waals surface area contributed by atoms with Crippen molar-refractivity contribution in [1.82, 2.24) is 0 Å². The first-order valence-electron chi connectivity index (χ1n) is 21.7. The Morgan fingerprint density at radius 1 is 0.333 bits per heavy atom. The summed E-state index contributed by atoms with van der Waals surface area (Å²) in [5.41, 5.74) is 18.1. The molecule has 3 heteroatoms. The van der Waals surface area contributed by atoms with Crippen LogP contribution in [0, 0.1) is 0 Å². The van der Waals surface area contributed by atoms with Gasteiger partial charge in [-0.1, -0.05) is 212 Å². The molecule has 0 aliphatic heterocycles. The Morgan fingerprint density at radius 3 is 1.17 bits per heavy atom. The summed E-state index contributed by atoms with van der Waals surface area (Å²) < 4.78 is 0. The third-order valence-corrected chi connectivity index (χ3v) is 14.1. The predicted octanol–water partition coefficient (Wildman–Crippen LogP) is 13.1. The van der Waals surface area contributed by atoms with Gasteiger partial charge in [0, 0.05) is 6.21 Å². The van der Waals surface area contributed by atoms with Gasteiger partial charge in [0.25, 0.3) is 0 Å². The third kappa shape index (κ3) is 5.12. The summed E-state index contributed by atoms with van der Waals surface area (Å²) >= 11 is 0. The lowest BCUT2D eigenvalue weighted by Crippen LogP contribution is -2.44. The van der Waals surface area contributed by atoms with E-state index in [0.717, 1.165) is 5.56 Å². The molecule has 3 aliphatic rings. The van der Waals surface area contributed by atoms with Gasteiger partial charge in [0.05, 0.1) is 16.9 Å². The first-order chi connectivity index (χ1) is 31.3. The fraction of sp³-hybridized carbons (Fsp3) is 0.0500. The molecule has 4 N–H and O–H groups in total. The van der Waals surface area contributed by atoms with E-state index in [4.69, 9.17) is 4.99 Å². The summed E-state index contributed by atoms with van der Waals surface area (Å²) in [6.45, 7) is 0. The van der Waals surface area contributed by atoms with Gasteiger partial charge in [-0.2, -0.15) is 0 Å². The van der Waals surface area contributed by atoms with Crippen molar-refractivity contribution in [1.29, 1.82) is 0 Å². The van der Waals surface area contributed by atoms with Crippen LogP contribution < -0.4 is 11.7 Å². The van der Waals surface area contributed by atoms with Crippen LogP contribution in [0.25, 0.3) is 43.8 Å². The second-order valence-electron chi connectivity index (χ2n) is 16.9. The van der Waals surface area contributed by atoms with E-state index in [1.165, 1.54) is 99.4 Å². The van der Waals surface area contributed by atoms with Crippen LogP contribution in [0.4, 0.5) is 0 Å². The normalized spacial score (nSPS) is 14.2. The van der Waals surface area contributed by atoms with Crippen molar-refractivity contribution in [2.45, 2.75) is 16.9 Å². The third-order valence-electron chi connectivity index (χ3n) is 14.1. The number of nitrogens with two attached hydrogens (primary N) is 2. The summed E-state index contributed by atoms with van der Waals surface area (Å²) in [5, 5.41) is 4.89. The van der Waals surface area contributed by atoms with Crippen molar-refractivity contribution < 1.29 is 0 Å². The van der Waals surface area contributed by atoms with Crippen molar-refractivity contribution in [3.63, 3.8) is 0 Å². The quantitative estimate of drug-likeness (QED) is 0.106. The number of fused-ring (bicyclic) bond motifs is 18. The first kappa shape index (κ1) is 37.1. The molecule has 0 saturated carbocycles. The molecule has 63 heavy (non-hydrogen) atoms. The molecule has 0 atom stereocenters. The van der Waals surface area contributed by atoms with Crippen LogP contribution in [-0.4, -0.2) is 6.21 Å². The summed E-state index contributed by atoms with van der Waals surface area (Å²) in [6, 6.07) is 83.5. The monoisotopic (exact) mass is 805 g/mol. The summed E-state index contributed by atoms with van der Waals surface area (Å²) in [4.78, 5) is 5.76. The number of rotatable bonds is 4. The zero-order valence-electron chi connectivity index (χ0n) is 34.6. The van der Waals surface area contributed by atoms with Gasteiger partial charge in [0.1, 0.15) is 0 Å². The van der Waals surface area contributed by atoms with E-state index in [0.29, 0.717) is 0 Å². The highest BCUT2D eigenvalue weighted by molar-refractivity contribution is 5.97. The van der Waals surface area contributed by atoms with Crippen molar-refractivity contribution in [3.05, 3.63) is 286 Å². The van der Waals surface area contributed by atoms with E-state index in [1.807, 2.05) is 0 Å². The minimum Gasteiger partial charge on any atom is -0.280 e. The maximum absolute atomic E-state index is 5.76. The van der Waals surface area contributed by atoms with Crippen molar-refractivity contribution in [2.24, 2.45) is 16.7 Å². The molecule has 3 nitrogen and oxygen atoms in total. The van der Waals surface area contributed by atoms with Crippen molar-refractivity contribution in [3.8, 4) is 22.3 Å². The number of hydrazine groups is 1. The van der Waals surface area contributed by atoms with E-state index in [-0.39, 0.29) is 6.04 Å². The molecule has 2 spiro atoms. The summed E-state index contributed by atoms with van der Waals surface area (Å²) in [6.07, 6.45) is 2.22. The zero-order valence-corrected chi connectivity index (χ0v) is 34.6. The highest BCUT2D eigenvalue weighted by atomic mass is 15.0. The standard InChI is InChI=1S/C60H39N.H4N2/c1-3-18-41-36-43(34-32-39(41)16-1)58(44-35-33-40-17-2-4-19-42(40)37-44)61-38-45-20-15-31-56-57(45)60(52-27-11-7-23-48(52)49-24-8-12-28-53(49)60)55-30-14-13-29-54(55)59(56)50-25-9-5-21-46(50)47-22-6-10-26-51(47)59;1-2/h1-38,58H;1-2H2. The van der Waals surface area contributed by atoms with Crippen LogP contribution in [0.3, 0.4) is 0 Å². The summed E-state index contributed by atoms with van der Waals surface area (Å²) in [5.74, 6) is 8.00. The van der Waals surface area contributed by atoms with Gasteiger partial charge in [-0.3, -0.25) is 16.7 Å². The van der Waals surface area contributed by atoms with Crippen LogP contribution in [0.15, 0.2) is 229 Å². The SMILES string of the molecule is C(=NC(c1ccc2ccccc2c1)c1ccc2ccccc2c1)c1cccc2c1C1(c3ccccc3-c3ccccc31)c1ccccc1C21c2ccccc2-c2ccccc21.NN. The smallest absolute Gasteiger partial charge is 0.1000 e. The Kier molecular flexibility index (Phi) is 8.52. The van der Waals surface area contributed by atoms with Crippen LogP contribution in [-0.2, 0) is 10.8 Å². The molecular formula is C60H43N3. The minimum absolute atomic E-state index is 0.234. The molecule has 0 bridgehead atoms. The van der Waals surface area contributed by atoms with Crippen LogP contribution >= 0.6 is 0 Å². The maximum atomic E-state index is 5.76. The molecule has 3 aliphatic carbocycles. The van der Waals surface area contributed by atoms with Gasteiger partial charge in [0.15, 0.2) is 0 Å². The topological polar surface area (TPSA) is 64.4 Å². The summed E-state index contributed by atoms with van der Waals surface area (Å²) in [7, 11) is 0. The van der Waals surface area contributed by atoms with Gasteiger partial charge < -0.3 is 0 Å². The molecular weight excluding hydrogens is 763 g/mol. The zero-order chi connectivity index (χ0) is 42.1. The van der Waals surface area contributed by atoms with Crippen LogP contribution in [0.1, 0.15) is 67.2 Å². The maximum Gasteiger partial charge on any atom is 0.1000 e. The Balaban J connectivity index is 0.00000208. The average Bonchev–Trinajstić information content (AvgIpc) is 3.82.